The van der Waals surface area contributed by atoms with Gasteiger partial charge in [0.15, 0.2) is 0 Å². The lowest BCUT2D eigenvalue weighted by Gasteiger charge is -2.06. The van der Waals surface area contributed by atoms with E-state index in [0.717, 1.165) is 21.9 Å². The zero-order chi connectivity index (χ0) is 11.0. The van der Waals surface area contributed by atoms with Crippen molar-refractivity contribution in [3.8, 4) is 0 Å². The minimum atomic E-state index is 0.179. The number of hydrogen-bond acceptors (Lipinski definition) is 2. The van der Waals surface area contributed by atoms with Gasteiger partial charge in [0.25, 0.3) is 0 Å². The van der Waals surface area contributed by atoms with Crippen LogP contribution in [0.2, 0.25) is 0 Å². The summed E-state index contributed by atoms with van der Waals surface area (Å²) in [4.78, 5) is 4.34. The maximum atomic E-state index is 5.78. The Kier molecular flexibility index (Phi) is 2.80. The summed E-state index contributed by atoms with van der Waals surface area (Å²) in [5.41, 5.74) is 9.15. The lowest BCUT2D eigenvalue weighted by Crippen LogP contribution is -2.17. The molecular formula is C11H14BrN3. The Hall–Kier alpha value is -0.870. The first-order valence-corrected chi connectivity index (χ1v) is 5.72. The van der Waals surface area contributed by atoms with Gasteiger partial charge < -0.3 is 10.3 Å². The van der Waals surface area contributed by atoms with Gasteiger partial charge in [-0.3, -0.25) is 0 Å². The fourth-order valence-electron chi connectivity index (χ4n) is 1.78. The number of hydrogen-bond donors (Lipinski definition) is 1. The van der Waals surface area contributed by atoms with E-state index in [2.05, 4.69) is 33.0 Å². The molecule has 0 aliphatic carbocycles. The summed E-state index contributed by atoms with van der Waals surface area (Å²) in [6.07, 6.45) is 2.70. The monoisotopic (exact) mass is 267 g/mol. The summed E-state index contributed by atoms with van der Waals surface area (Å²) in [5.74, 6) is 0. The normalized spacial score (nSPS) is 13.3. The minimum absolute atomic E-state index is 0.179. The van der Waals surface area contributed by atoms with E-state index in [1.54, 1.807) is 0 Å². The van der Waals surface area contributed by atoms with Gasteiger partial charge in [0.1, 0.15) is 0 Å². The van der Waals surface area contributed by atoms with Crippen LogP contribution in [0.4, 0.5) is 0 Å². The number of rotatable bonds is 2. The van der Waals surface area contributed by atoms with Gasteiger partial charge in [-0.25, -0.2) is 4.98 Å². The van der Waals surface area contributed by atoms with Crippen LogP contribution in [-0.2, 0) is 13.5 Å². The number of imidazole rings is 1. The number of aryl methyl sites for hydroxylation is 1. The second kappa shape index (κ2) is 3.94. The maximum absolute atomic E-state index is 5.78. The molecule has 2 N–H and O–H groups in total. The van der Waals surface area contributed by atoms with Crippen LogP contribution in [0.25, 0.3) is 11.0 Å². The lowest BCUT2D eigenvalue weighted by molar-refractivity contribution is 0.738. The van der Waals surface area contributed by atoms with Gasteiger partial charge >= 0.3 is 0 Å². The van der Waals surface area contributed by atoms with Crippen molar-refractivity contribution in [2.75, 3.05) is 0 Å². The molecule has 0 spiro atoms. The third-order valence-corrected chi connectivity index (χ3v) is 2.99. The van der Waals surface area contributed by atoms with Crippen molar-refractivity contribution in [3.05, 3.63) is 28.5 Å². The van der Waals surface area contributed by atoms with Crippen LogP contribution in [-0.4, -0.2) is 15.6 Å². The Bertz CT molecular complexity index is 488. The molecule has 1 aromatic heterocycles. The first kappa shape index (κ1) is 10.6. The molecule has 2 aromatic rings. The summed E-state index contributed by atoms with van der Waals surface area (Å²) >= 11 is 3.57. The Morgan fingerprint density at radius 1 is 1.53 bits per heavy atom. The molecule has 1 atom stereocenters. The zero-order valence-corrected chi connectivity index (χ0v) is 10.5. The molecule has 0 saturated carbocycles. The van der Waals surface area contributed by atoms with E-state index in [1.165, 1.54) is 5.56 Å². The second-order valence-corrected chi connectivity index (χ2v) is 4.84. The van der Waals surface area contributed by atoms with Crippen LogP contribution in [0.1, 0.15) is 12.5 Å². The number of halogens is 1. The van der Waals surface area contributed by atoms with Gasteiger partial charge in [-0.2, -0.15) is 0 Å². The fraction of sp³-hybridized carbons (Fsp3) is 0.364. The highest BCUT2D eigenvalue weighted by atomic mass is 79.9. The second-order valence-electron chi connectivity index (χ2n) is 3.98. The molecule has 0 bridgehead atoms. The van der Waals surface area contributed by atoms with Crippen molar-refractivity contribution in [1.29, 1.82) is 0 Å². The molecular weight excluding hydrogens is 254 g/mol. The van der Waals surface area contributed by atoms with Gasteiger partial charge in [-0.15, -0.1) is 0 Å². The molecule has 0 aliphatic rings. The smallest absolute Gasteiger partial charge is 0.0955 e. The summed E-state index contributed by atoms with van der Waals surface area (Å²) in [5, 5.41) is 0. The summed E-state index contributed by atoms with van der Waals surface area (Å²) in [6, 6.07) is 4.40. The highest BCUT2D eigenvalue weighted by molar-refractivity contribution is 9.10. The first-order valence-electron chi connectivity index (χ1n) is 4.93. The molecule has 0 saturated heterocycles. The van der Waals surface area contributed by atoms with E-state index in [1.807, 2.05) is 24.9 Å². The number of benzene rings is 1. The van der Waals surface area contributed by atoms with E-state index in [0.29, 0.717) is 0 Å². The van der Waals surface area contributed by atoms with Gasteiger partial charge in [-0.05, 0) is 47.0 Å². The van der Waals surface area contributed by atoms with Crippen molar-refractivity contribution < 1.29 is 0 Å². The first-order chi connectivity index (χ1) is 7.08. The zero-order valence-electron chi connectivity index (χ0n) is 8.87. The van der Waals surface area contributed by atoms with Crippen molar-refractivity contribution in [1.82, 2.24) is 9.55 Å². The maximum Gasteiger partial charge on any atom is 0.0955 e. The molecule has 0 radical (unpaired) electrons. The quantitative estimate of drug-likeness (QED) is 0.907. The third-order valence-electron chi connectivity index (χ3n) is 2.38. The molecule has 3 nitrogen and oxygen atoms in total. The minimum Gasteiger partial charge on any atom is -0.333 e. The van der Waals surface area contributed by atoms with Crippen molar-refractivity contribution >= 4 is 27.0 Å². The summed E-state index contributed by atoms with van der Waals surface area (Å²) in [7, 11) is 1.99. The average Bonchev–Trinajstić information content (AvgIpc) is 2.46. The lowest BCUT2D eigenvalue weighted by atomic mass is 10.1. The predicted molar refractivity (Wildman–Crippen MR) is 65.8 cm³/mol. The molecule has 1 aromatic carbocycles. The Balaban J connectivity index is 2.53. The van der Waals surface area contributed by atoms with Crippen molar-refractivity contribution in [3.63, 3.8) is 0 Å². The van der Waals surface area contributed by atoms with E-state index in [-0.39, 0.29) is 6.04 Å². The molecule has 4 heteroatoms. The van der Waals surface area contributed by atoms with Crippen LogP contribution in [0.5, 0.6) is 0 Å². The topological polar surface area (TPSA) is 43.8 Å². The molecule has 1 heterocycles. The van der Waals surface area contributed by atoms with Gasteiger partial charge in [0.05, 0.1) is 17.4 Å². The molecule has 0 amide bonds. The van der Waals surface area contributed by atoms with E-state index in [9.17, 15) is 0 Å². The number of fused-ring (bicyclic) bond motifs is 1. The molecule has 15 heavy (non-hydrogen) atoms. The summed E-state index contributed by atoms with van der Waals surface area (Å²) < 4.78 is 3.09. The van der Waals surface area contributed by atoms with Gasteiger partial charge in [-0.1, -0.05) is 0 Å². The third kappa shape index (κ3) is 2.06. The van der Waals surface area contributed by atoms with Gasteiger partial charge in [0, 0.05) is 17.6 Å². The Labute approximate surface area is 97.4 Å². The van der Waals surface area contributed by atoms with Crippen molar-refractivity contribution in [2.45, 2.75) is 19.4 Å². The number of nitrogens with two attached hydrogens (primary N) is 1. The Morgan fingerprint density at radius 3 is 2.93 bits per heavy atom. The van der Waals surface area contributed by atoms with E-state index in [4.69, 9.17) is 5.73 Å². The highest BCUT2D eigenvalue weighted by Gasteiger charge is 2.07. The predicted octanol–water partition coefficient (Wildman–Crippen LogP) is 2.23. The largest absolute Gasteiger partial charge is 0.333 e. The van der Waals surface area contributed by atoms with Crippen LogP contribution in [0.3, 0.4) is 0 Å². The number of nitrogens with zero attached hydrogens (tertiary/aromatic N) is 2. The standard InChI is InChI=1S/C11H14BrN3/c1-7(13)3-8-4-9(12)11-10(5-8)14-6-15(11)2/h4-7H,3,13H2,1-2H3. The molecule has 80 valence electrons. The van der Waals surface area contributed by atoms with Crippen LogP contribution in [0, 0.1) is 0 Å². The van der Waals surface area contributed by atoms with E-state index >= 15 is 0 Å². The summed E-state index contributed by atoms with van der Waals surface area (Å²) in [6.45, 7) is 2.01. The SMILES string of the molecule is CC(N)Cc1cc(Br)c2c(c1)ncn2C. The Morgan fingerprint density at radius 2 is 2.27 bits per heavy atom. The van der Waals surface area contributed by atoms with Crippen molar-refractivity contribution in [2.24, 2.45) is 12.8 Å². The van der Waals surface area contributed by atoms with Crippen LogP contribution < -0.4 is 5.73 Å². The van der Waals surface area contributed by atoms with Crippen LogP contribution >= 0.6 is 15.9 Å². The molecule has 2 rings (SSSR count). The number of aromatic nitrogens is 2. The molecule has 0 fully saturated rings. The highest BCUT2D eigenvalue weighted by Crippen LogP contribution is 2.25. The van der Waals surface area contributed by atoms with Crippen LogP contribution in [0.15, 0.2) is 22.9 Å². The molecule has 1 unspecified atom stereocenters. The van der Waals surface area contributed by atoms with Gasteiger partial charge in [0.2, 0.25) is 0 Å². The van der Waals surface area contributed by atoms with E-state index < -0.39 is 0 Å². The average molecular weight is 268 g/mol. The molecule has 0 aliphatic heterocycles. The fourth-order valence-corrected chi connectivity index (χ4v) is 2.56.